The maximum Gasteiger partial charge on any atom is 0.219 e. The van der Waals surface area contributed by atoms with Gasteiger partial charge in [0.25, 0.3) is 0 Å². The van der Waals surface area contributed by atoms with Crippen molar-refractivity contribution in [2.45, 2.75) is 47.2 Å². The standard InChI is InChI=1S/C23H24N6O.C2H6/c1-4-29-22-8-9-28(15(2)30)14-20(22)23(26-29)18-7-5-6-16-10-21(24-12-19(16)18)17-11-25-27(3)13-17;1-2/h5-7,10-13H,4,8-9,14H2,1-3H3;1-2H3. The maximum atomic E-state index is 12.0. The number of rotatable bonds is 3. The Labute approximate surface area is 188 Å². The molecule has 5 rings (SSSR count). The zero-order chi connectivity index (χ0) is 22.8. The van der Waals surface area contributed by atoms with Gasteiger partial charge in [0.05, 0.1) is 17.6 Å². The van der Waals surface area contributed by atoms with E-state index < -0.39 is 0 Å². The summed E-state index contributed by atoms with van der Waals surface area (Å²) in [6.45, 7) is 9.92. The Balaban J connectivity index is 0.00000119. The highest BCUT2D eigenvalue weighted by Gasteiger charge is 2.27. The number of nitrogens with zero attached hydrogens (tertiary/aromatic N) is 6. The van der Waals surface area contributed by atoms with Gasteiger partial charge >= 0.3 is 0 Å². The number of pyridine rings is 1. The minimum absolute atomic E-state index is 0.108. The summed E-state index contributed by atoms with van der Waals surface area (Å²) < 4.78 is 3.86. The third-order valence-electron chi connectivity index (χ3n) is 5.90. The van der Waals surface area contributed by atoms with E-state index in [4.69, 9.17) is 10.1 Å². The molecule has 0 aliphatic carbocycles. The molecule has 0 spiro atoms. The molecule has 0 saturated heterocycles. The molecule has 1 aromatic carbocycles. The molecule has 0 radical (unpaired) electrons. The average molecular weight is 431 g/mol. The van der Waals surface area contributed by atoms with Crippen molar-refractivity contribution in [2.75, 3.05) is 6.54 Å². The molecule has 0 bridgehead atoms. The minimum Gasteiger partial charge on any atom is -0.338 e. The molecule has 1 amide bonds. The van der Waals surface area contributed by atoms with Crippen LogP contribution in [-0.4, -0.2) is 41.9 Å². The summed E-state index contributed by atoms with van der Waals surface area (Å²) in [5.41, 5.74) is 6.31. The molecule has 32 heavy (non-hydrogen) atoms. The third kappa shape index (κ3) is 3.79. The fourth-order valence-corrected chi connectivity index (χ4v) is 4.33. The van der Waals surface area contributed by atoms with Crippen molar-refractivity contribution in [2.24, 2.45) is 7.05 Å². The number of aryl methyl sites for hydroxylation is 2. The second-order valence-corrected chi connectivity index (χ2v) is 7.78. The summed E-state index contributed by atoms with van der Waals surface area (Å²) in [7, 11) is 1.90. The lowest BCUT2D eigenvalue weighted by molar-refractivity contribution is -0.129. The van der Waals surface area contributed by atoms with Gasteiger partial charge in [0, 0.05) is 80.2 Å². The number of hydrogen-bond acceptors (Lipinski definition) is 4. The Morgan fingerprint density at radius 2 is 2.00 bits per heavy atom. The molecule has 4 aromatic rings. The lowest BCUT2D eigenvalue weighted by atomic mass is 9.97. The van der Waals surface area contributed by atoms with Crippen LogP contribution in [0.3, 0.4) is 0 Å². The Hall–Kier alpha value is -3.48. The van der Waals surface area contributed by atoms with Gasteiger partial charge in [-0.25, -0.2) is 0 Å². The van der Waals surface area contributed by atoms with Crippen LogP contribution < -0.4 is 0 Å². The van der Waals surface area contributed by atoms with E-state index in [1.165, 1.54) is 5.69 Å². The van der Waals surface area contributed by atoms with Crippen LogP contribution in [0, 0.1) is 0 Å². The van der Waals surface area contributed by atoms with Gasteiger partial charge in [-0.15, -0.1) is 0 Å². The second kappa shape index (κ2) is 8.94. The van der Waals surface area contributed by atoms with Gasteiger partial charge in [0.1, 0.15) is 0 Å². The summed E-state index contributed by atoms with van der Waals surface area (Å²) in [5.74, 6) is 0.108. The van der Waals surface area contributed by atoms with Crippen LogP contribution in [0.5, 0.6) is 0 Å². The van der Waals surface area contributed by atoms with Gasteiger partial charge in [0.15, 0.2) is 0 Å². The SMILES string of the molecule is CC.CCn1nc(-c2cccc3cc(-c4cnn(C)c4)ncc23)c2c1CCN(C(C)=O)C2. The minimum atomic E-state index is 0.108. The second-order valence-electron chi connectivity index (χ2n) is 7.78. The quantitative estimate of drug-likeness (QED) is 0.482. The predicted octanol–water partition coefficient (Wildman–Crippen LogP) is 4.45. The van der Waals surface area contributed by atoms with E-state index in [2.05, 4.69) is 41.0 Å². The van der Waals surface area contributed by atoms with Crippen molar-refractivity contribution >= 4 is 16.7 Å². The van der Waals surface area contributed by atoms with Crippen LogP contribution in [-0.2, 0) is 31.4 Å². The first-order chi connectivity index (χ1) is 15.5. The molecule has 4 heterocycles. The number of fused-ring (bicyclic) bond motifs is 2. The van der Waals surface area contributed by atoms with E-state index in [1.807, 2.05) is 44.4 Å². The van der Waals surface area contributed by atoms with Gasteiger partial charge in [-0.3, -0.25) is 19.1 Å². The Morgan fingerprint density at radius 3 is 2.69 bits per heavy atom. The van der Waals surface area contributed by atoms with Crippen LogP contribution in [0.4, 0.5) is 0 Å². The van der Waals surface area contributed by atoms with E-state index in [1.54, 1.807) is 11.6 Å². The number of hydrogen-bond donors (Lipinski definition) is 0. The van der Waals surface area contributed by atoms with Crippen molar-refractivity contribution in [3.8, 4) is 22.5 Å². The van der Waals surface area contributed by atoms with E-state index in [9.17, 15) is 4.79 Å². The van der Waals surface area contributed by atoms with E-state index in [0.29, 0.717) is 6.54 Å². The topological polar surface area (TPSA) is 68.8 Å². The van der Waals surface area contributed by atoms with Crippen molar-refractivity contribution in [1.29, 1.82) is 0 Å². The molecule has 0 N–H and O–H groups in total. The molecule has 0 fully saturated rings. The summed E-state index contributed by atoms with van der Waals surface area (Å²) in [5, 5.41) is 11.4. The van der Waals surface area contributed by atoms with Crippen molar-refractivity contribution in [3.63, 3.8) is 0 Å². The number of amides is 1. The Bertz CT molecular complexity index is 1270. The van der Waals surface area contributed by atoms with Crippen LogP contribution in [0.2, 0.25) is 0 Å². The van der Waals surface area contributed by atoms with Gasteiger partial charge in [-0.1, -0.05) is 32.0 Å². The fraction of sp³-hybridized carbons (Fsp3) is 0.360. The van der Waals surface area contributed by atoms with Crippen LogP contribution in [0.1, 0.15) is 39.0 Å². The molecular weight excluding hydrogens is 400 g/mol. The molecule has 0 saturated carbocycles. The highest BCUT2D eigenvalue weighted by Crippen LogP contribution is 2.35. The Kier molecular flexibility index (Phi) is 6.08. The zero-order valence-corrected chi connectivity index (χ0v) is 19.5. The number of carbonyl (C=O) groups is 1. The first-order valence-corrected chi connectivity index (χ1v) is 11.3. The largest absolute Gasteiger partial charge is 0.338 e. The first kappa shape index (κ1) is 21.7. The van der Waals surface area contributed by atoms with Gasteiger partial charge in [-0.05, 0) is 18.4 Å². The molecule has 0 unspecified atom stereocenters. The number of benzene rings is 1. The van der Waals surface area contributed by atoms with Gasteiger partial charge in [-0.2, -0.15) is 10.2 Å². The summed E-state index contributed by atoms with van der Waals surface area (Å²) in [6.07, 6.45) is 6.56. The number of aromatic nitrogens is 5. The van der Waals surface area contributed by atoms with Crippen molar-refractivity contribution in [3.05, 3.63) is 54.1 Å². The average Bonchev–Trinajstić information content (AvgIpc) is 3.42. The first-order valence-electron chi connectivity index (χ1n) is 11.3. The summed E-state index contributed by atoms with van der Waals surface area (Å²) >= 11 is 0. The van der Waals surface area contributed by atoms with E-state index >= 15 is 0 Å². The fourth-order valence-electron chi connectivity index (χ4n) is 4.33. The molecule has 1 aliphatic heterocycles. The molecule has 7 nitrogen and oxygen atoms in total. The summed E-state index contributed by atoms with van der Waals surface area (Å²) in [4.78, 5) is 18.6. The lowest BCUT2D eigenvalue weighted by Gasteiger charge is -2.26. The highest BCUT2D eigenvalue weighted by molar-refractivity contribution is 5.97. The molecular formula is C25H30N6O. The smallest absolute Gasteiger partial charge is 0.219 e. The maximum absolute atomic E-state index is 12.0. The van der Waals surface area contributed by atoms with E-state index in [0.717, 1.165) is 58.4 Å². The Morgan fingerprint density at radius 1 is 1.19 bits per heavy atom. The molecule has 0 atom stereocenters. The van der Waals surface area contributed by atoms with Gasteiger partial charge < -0.3 is 4.90 Å². The molecule has 166 valence electrons. The van der Waals surface area contributed by atoms with Crippen LogP contribution in [0.15, 0.2) is 42.9 Å². The third-order valence-corrected chi connectivity index (χ3v) is 5.90. The monoisotopic (exact) mass is 430 g/mol. The van der Waals surface area contributed by atoms with Crippen LogP contribution in [0.25, 0.3) is 33.3 Å². The van der Waals surface area contributed by atoms with Crippen molar-refractivity contribution in [1.82, 2.24) is 29.4 Å². The van der Waals surface area contributed by atoms with Gasteiger partial charge in [0.2, 0.25) is 5.91 Å². The predicted molar refractivity (Wildman–Crippen MR) is 127 cm³/mol. The van der Waals surface area contributed by atoms with Crippen LogP contribution >= 0.6 is 0 Å². The lowest BCUT2D eigenvalue weighted by Crippen LogP contribution is -2.34. The number of carbonyl (C=O) groups excluding carboxylic acids is 1. The van der Waals surface area contributed by atoms with E-state index in [-0.39, 0.29) is 5.91 Å². The molecule has 1 aliphatic rings. The normalized spacial score (nSPS) is 13.0. The summed E-state index contributed by atoms with van der Waals surface area (Å²) in [6, 6.07) is 8.36. The zero-order valence-electron chi connectivity index (χ0n) is 19.5. The van der Waals surface area contributed by atoms with Crippen molar-refractivity contribution < 1.29 is 4.79 Å². The molecule has 3 aromatic heterocycles. The highest BCUT2D eigenvalue weighted by atomic mass is 16.2. The molecule has 7 heteroatoms.